The number of phenolic OH excluding ortho intramolecular Hbond substituents is 2. The maximum absolute atomic E-state index is 9.74. The maximum atomic E-state index is 9.74. The van der Waals surface area contributed by atoms with Crippen molar-refractivity contribution < 1.29 is 10.2 Å². The van der Waals surface area contributed by atoms with Gasteiger partial charge in [0.2, 0.25) is 0 Å². The van der Waals surface area contributed by atoms with Gasteiger partial charge in [0.1, 0.15) is 11.5 Å². The highest BCUT2D eigenvalue weighted by Crippen LogP contribution is 2.50. The van der Waals surface area contributed by atoms with Crippen LogP contribution in [0.25, 0.3) is 0 Å². The van der Waals surface area contributed by atoms with Gasteiger partial charge in [0.25, 0.3) is 0 Å². The van der Waals surface area contributed by atoms with Gasteiger partial charge in [-0.3, -0.25) is 0 Å². The van der Waals surface area contributed by atoms with Crippen molar-refractivity contribution in [2.75, 3.05) is 5.32 Å². The number of hydrogen-bond acceptors (Lipinski definition) is 3. The second-order valence-corrected chi connectivity index (χ2v) is 5.84. The van der Waals surface area contributed by atoms with Crippen molar-refractivity contribution in [1.82, 2.24) is 0 Å². The molecule has 3 atom stereocenters. The van der Waals surface area contributed by atoms with Crippen LogP contribution in [0.5, 0.6) is 11.5 Å². The Labute approximate surface area is 123 Å². The fourth-order valence-electron chi connectivity index (χ4n) is 3.59. The van der Waals surface area contributed by atoms with Gasteiger partial charge in [-0.05, 0) is 53.8 Å². The number of nitrogens with one attached hydrogen (secondary N) is 1. The van der Waals surface area contributed by atoms with Crippen molar-refractivity contribution in [2.24, 2.45) is 5.92 Å². The van der Waals surface area contributed by atoms with Crippen molar-refractivity contribution in [3.63, 3.8) is 0 Å². The van der Waals surface area contributed by atoms with Gasteiger partial charge in [-0.1, -0.05) is 24.3 Å². The van der Waals surface area contributed by atoms with E-state index in [4.69, 9.17) is 0 Å². The number of allylic oxidation sites excluding steroid dienone is 2. The van der Waals surface area contributed by atoms with Crippen LogP contribution in [0.2, 0.25) is 0 Å². The van der Waals surface area contributed by atoms with Crippen molar-refractivity contribution in [2.45, 2.75) is 18.4 Å². The normalized spacial score (nSPS) is 26.0. The first-order valence-corrected chi connectivity index (χ1v) is 7.27. The summed E-state index contributed by atoms with van der Waals surface area (Å²) in [5.41, 5.74) is 3.44. The predicted molar refractivity (Wildman–Crippen MR) is 82.6 cm³/mol. The van der Waals surface area contributed by atoms with E-state index in [1.165, 1.54) is 11.1 Å². The minimum absolute atomic E-state index is 0.225. The zero-order valence-corrected chi connectivity index (χ0v) is 11.5. The van der Waals surface area contributed by atoms with Crippen molar-refractivity contribution in [3.8, 4) is 11.5 Å². The highest BCUT2D eigenvalue weighted by molar-refractivity contribution is 5.61. The topological polar surface area (TPSA) is 52.5 Å². The van der Waals surface area contributed by atoms with Gasteiger partial charge in [0.05, 0.1) is 6.04 Å². The summed E-state index contributed by atoms with van der Waals surface area (Å²) in [6.45, 7) is 0. The molecule has 0 spiro atoms. The number of fused-ring (bicyclic) bond motifs is 3. The van der Waals surface area contributed by atoms with E-state index in [0.717, 1.165) is 12.1 Å². The molecule has 4 rings (SSSR count). The van der Waals surface area contributed by atoms with E-state index in [1.54, 1.807) is 18.2 Å². The molecule has 3 nitrogen and oxygen atoms in total. The molecule has 0 fully saturated rings. The van der Waals surface area contributed by atoms with Gasteiger partial charge < -0.3 is 15.5 Å². The van der Waals surface area contributed by atoms with Gasteiger partial charge in [-0.2, -0.15) is 0 Å². The molecule has 3 N–H and O–H groups in total. The van der Waals surface area contributed by atoms with Gasteiger partial charge in [-0.15, -0.1) is 0 Å². The summed E-state index contributed by atoms with van der Waals surface area (Å²) in [4.78, 5) is 0. The van der Waals surface area contributed by atoms with Crippen LogP contribution in [0.4, 0.5) is 5.69 Å². The fourth-order valence-corrected chi connectivity index (χ4v) is 3.59. The molecule has 2 aromatic carbocycles. The fraction of sp³-hybridized carbons (Fsp3) is 0.222. The van der Waals surface area contributed by atoms with E-state index in [0.29, 0.717) is 23.3 Å². The van der Waals surface area contributed by atoms with Gasteiger partial charge >= 0.3 is 0 Å². The number of anilines is 1. The Balaban J connectivity index is 1.78. The third-order valence-corrected chi connectivity index (χ3v) is 4.60. The minimum atomic E-state index is 0.225. The van der Waals surface area contributed by atoms with Gasteiger partial charge in [0, 0.05) is 11.6 Å². The lowest BCUT2D eigenvalue weighted by molar-refractivity contribution is 0.420. The van der Waals surface area contributed by atoms with Crippen molar-refractivity contribution in [3.05, 3.63) is 65.7 Å². The van der Waals surface area contributed by atoms with Gasteiger partial charge in [0.15, 0.2) is 0 Å². The SMILES string of the molecule is Oc1ccc(C2Nc3ccc(O)cc3C3C=CCC32)cc1. The molecule has 0 radical (unpaired) electrons. The van der Waals surface area contributed by atoms with E-state index >= 15 is 0 Å². The Morgan fingerprint density at radius 1 is 0.952 bits per heavy atom. The Kier molecular flexibility index (Phi) is 2.67. The molecule has 0 aromatic heterocycles. The lowest BCUT2D eigenvalue weighted by atomic mass is 9.77. The third-order valence-electron chi connectivity index (χ3n) is 4.60. The summed E-state index contributed by atoms with van der Waals surface area (Å²) in [7, 11) is 0. The van der Waals surface area contributed by atoms with Crippen LogP contribution in [0.3, 0.4) is 0 Å². The quantitative estimate of drug-likeness (QED) is 0.547. The number of hydrogen-bond donors (Lipinski definition) is 3. The lowest BCUT2D eigenvalue weighted by Gasteiger charge is -2.37. The van der Waals surface area contributed by atoms with Crippen LogP contribution in [0.15, 0.2) is 54.6 Å². The summed E-state index contributed by atoms with van der Waals surface area (Å²) in [5, 5.41) is 22.8. The third kappa shape index (κ3) is 1.97. The van der Waals surface area contributed by atoms with E-state index < -0.39 is 0 Å². The first-order chi connectivity index (χ1) is 10.2. The molecule has 0 saturated carbocycles. The molecule has 1 heterocycles. The first-order valence-electron chi connectivity index (χ1n) is 7.27. The molecule has 2 aliphatic rings. The van der Waals surface area contributed by atoms with Crippen LogP contribution in [0.1, 0.15) is 29.5 Å². The summed E-state index contributed by atoms with van der Waals surface area (Å²) < 4.78 is 0. The monoisotopic (exact) mass is 279 g/mol. The summed E-state index contributed by atoms with van der Waals surface area (Å²) in [6.07, 6.45) is 5.50. The molecule has 21 heavy (non-hydrogen) atoms. The van der Waals surface area contributed by atoms with Crippen LogP contribution in [-0.2, 0) is 0 Å². The summed E-state index contributed by atoms with van der Waals surface area (Å²) in [6, 6.07) is 13.2. The Morgan fingerprint density at radius 3 is 2.52 bits per heavy atom. The Morgan fingerprint density at radius 2 is 1.71 bits per heavy atom. The van der Waals surface area contributed by atoms with E-state index in [9.17, 15) is 10.2 Å². The molecule has 1 aliphatic heterocycles. The summed E-state index contributed by atoms with van der Waals surface area (Å²) >= 11 is 0. The molecule has 0 bridgehead atoms. The molecule has 1 aliphatic carbocycles. The smallest absolute Gasteiger partial charge is 0.116 e. The number of aromatic hydroxyl groups is 2. The van der Waals surface area contributed by atoms with E-state index in [1.807, 2.05) is 24.3 Å². The Hall–Kier alpha value is -2.42. The Bertz CT molecular complexity index is 706. The molecule has 0 amide bonds. The molecule has 3 heteroatoms. The second kappa shape index (κ2) is 4.55. The maximum Gasteiger partial charge on any atom is 0.116 e. The predicted octanol–water partition coefficient (Wildman–Crippen LogP) is 3.92. The number of phenols is 2. The first kappa shape index (κ1) is 12.3. The number of rotatable bonds is 1. The minimum Gasteiger partial charge on any atom is -0.508 e. The van der Waals surface area contributed by atoms with E-state index in [-0.39, 0.29) is 6.04 Å². The number of benzene rings is 2. The van der Waals surface area contributed by atoms with Crippen LogP contribution < -0.4 is 5.32 Å². The summed E-state index contributed by atoms with van der Waals surface area (Å²) in [5.74, 6) is 1.40. The zero-order chi connectivity index (χ0) is 14.4. The van der Waals surface area contributed by atoms with Crippen LogP contribution >= 0.6 is 0 Å². The second-order valence-electron chi connectivity index (χ2n) is 5.84. The average molecular weight is 279 g/mol. The molecule has 3 unspecified atom stereocenters. The molecular formula is C18H17NO2. The standard InChI is InChI=1S/C18H17NO2/c20-12-6-4-11(5-7-12)18-15-3-1-2-14(15)16-10-13(21)8-9-17(16)19-18/h1-2,4-10,14-15,18-21H,3H2. The van der Waals surface area contributed by atoms with Crippen molar-refractivity contribution in [1.29, 1.82) is 0 Å². The molecule has 2 aromatic rings. The zero-order valence-electron chi connectivity index (χ0n) is 11.5. The average Bonchev–Trinajstić information content (AvgIpc) is 2.97. The molecule has 0 saturated heterocycles. The highest BCUT2D eigenvalue weighted by atomic mass is 16.3. The largest absolute Gasteiger partial charge is 0.508 e. The van der Waals surface area contributed by atoms with Crippen molar-refractivity contribution >= 4 is 5.69 Å². The highest BCUT2D eigenvalue weighted by Gasteiger charge is 2.37. The van der Waals surface area contributed by atoms with Gasteiger partial charge in [-0.25, -0.2) is 0 Å². The molecular weight excluding hydrogens is 262 g/mol. The van der Waals surface area contributed by atoms with E-state index in [2.05, 4.69) is 17.5 Å². The van der Waals surface area contributed by atoms with Crippen LogP contribution in [0, 0.1) is 5.92 Å². The van der Waals surface area contributed by atoms with Crippen LogP contribution in [-0.4, -0.2) is 10.2 Å². The molecule has 106 valence electrons. The lowest BCUT2D eigenvalue weighted by Crippen LogP contribution is -2.28.